The molecule has 0 spiro atoms. The molecule has 1 aromatic heterocycles. The Morgan fingerprint density at radius 1 is 1.21 bits per heavy atom. The van der Waals surface area contributed by atoms with Crippen LogP contribution in [0.1, 0.15) is 42.9 Å². The normalized spacial score (nSPS) is 18.9. The van der Waals surface area contributed by atoms with E-state index in [-0.39, 0.29) is 17.7 Å². The zero-order valence-electron chi connectivity index (χ0n) is 16.7. The second kappa shape index (κ2) is 8.61. The lowest BCUT2D eigenvalue weighted by Crippen LogP contribution is -2.51. The van der Waals surface area contributed by atoms with E-state index in [2.05, 4.69) is 17.2 Å². The molecule has 3 rings (SSSR count). The second-order valence-electron chi connectivity index (χ2n) is 7.44. The Kier molecular flexibility index (Phi) is 6.17. The minimum atomic E-state index is -0.681. The van der Waals surface area contributed by atoms with Crippen molar-refractivity contribution in [2.75, 3.05) is 6.61 Å². The number of esters is 1. The molecule has 1 saturated heterocycles. The van der Waals surface area contributed by atoms with Crippen molar-refractivity contribution in [2.45, 2.75) is 26.8 Å². The summed E-state index contributed by atoms with van der Waals surface area (Å²) in [6.07, 6.45) is 0. The lowest BCUT2D eigenvalue weighted by Gasteiger charge is -2.33. The second-order valence-corrected chi connectivity index (χ2v) is 7.85. The van der Waals surface area contributed by atoms with Gasteiger partial charge >= 0.3 is 5.97 Å². The van der Waals surface area contributed by atoms with E-state index in [0.29, 0.717) is 34.5 Å². The van der Waals surface area contributed by atoms with Gasteiger partial charge < -0.3 is 19.8 Å². The Balaban J connectivity index is 1.86. The third kappa shape index (κ3) is 4.74. The number of carbonyl (C=O) groups is 2. The number of ether oxygens (including phenoxy) is 1. The number of hydrogen-bond donors (Lipinski definition) is 2. The molecule has 6 nitrogen and oxygen atoms in total. The molecular formula is C22H24N2O4S. The molecule has 2 atom stereocenters. The highest BCUT2D eigenvalue weighted by molar-refractivity contribution is 7.80. The van der Waals surface area contributed by atoms with Crippen LogP contribution in [0.2, 0.25) is 0 Å². The third-order valence-corrected chi connectivity index (χ3v) is 4.81. The van der Waals surface area contributed by atoms with E-state index in [1.807, 2.05) is 32.0 Å². The molecule has 29 heavy (non-hydrogen) atoms. The van der Waals surface area contributed by atoms with Crippen molar-refractivity contribution in [3.63, 3.8) is 0 Å². The summed E-state index contributed by atoms with van der Waals surface area (Å²) in [6, 6.07) is 10.3. The van der Waals surface area contributed by atoms with Gasteiger partial charge in [-0.2, -0.15) is 0 Å². The van der Waals surface area contributed by atoms with Gasteiger partial charge in [0.2, 0.25) is 0 Å². The summed E-state index contributed by atoms with van der Waals surface area (Å²) in [5.41, 5.74) is 1.93. The predicted octanol–water partition coefficient (Wildman–Crippen LogP) is 4.00. The van der Waals surface area contributed by atoms with Crippen LogP contribution in [0.25, 0.3) is 11.3 Å². The molecular weight excluding hydrogens is 388 g/mol. The molecule has 0 saturated carbocycles. The van der Waals surface area contributed by atoms with Crippen LogP contribution < -0.4 is 10.6 Å². The van der Waals surface area contributed by atoms with E-state index in [1.165, 1.54) is 6.92 Å². The SMILES string of the molecule is C=C1NC(=S)N[C@H](c2ccc(-c3ccc(C(C)=O)cc3)o2)[C@H]1C(=O)OCC(C)C. The average molecular weight is 413 g/mol. The topological polar surface area (TPSA) is 80.6 Å². The lowest BCUT2D eigenvalue weighted by molar-refractivity contribution is -0.149. The maximum Gasteiger partial charge on any atom is 0.317 e. The number of ketones is 1. The molecule has 1 aliphatic rings. The molecule has 7 heteroatoms. The van der Waals surface area contributed by atoms with Crippen LogP contribution >= 0.6 is 12.2 Å². The van der Waals surface area contributed by atoms with E-state index < -0.39 is 12.0 Å². The smallest absolute Gasteiger partial charge is 0.317 e. The van der Waals surface area contributed by atoms with Gasteiger partial charge in [0.1, 0.15) is 23.5 Å². The van der Waals surface area contributed by atoms with Crippen molar-refractivity contribution in [1.82, 2.24) is 10.6 Å². The van der Waals surface area contributed by atoms with Gasteiger partial charge in [-0.05, 0) is 37.2 Å². The molecule has 0 aliphatic carbocycles. The zero-order valence-corrected chi connectivity index (χ0v) is 17.5. The fourth-order valence-electron chi connectivity index (χ4n) is 3.08. The number of rotatable bonds is 6. The van der Waals surface area contributed by atoms with E-state index in [9.17, 15) is 9.59 Å². The van der Waals surface area contributed by atoms with Gasteiger partial charge in [0.15, 0.2) is 10.9 Å². The summed E-state index contributed by atoms with van der Waals surface area (Å²) in [5.74, 6) is 0.336. The van der Waals surface area contributed by atoms with Crippen LogP contribution in [0.5, 0.6) is 0 Å². The predicted molar refractivity (Wildman–Crippen MR) is 114 cm³/mol. The summed E-state index contributed by atoms with van der Waals surface area (Å²) in [5, 5.41) is 6.37. The molecule has 0 amide bonds. The van der Waals surface area contributed by atoms with E-state index in [4.69, 9.17) is 21.4 Å². The first-order valence-electron chi connectivity index (χ1n) is 9.40. The fourth-order valence-corrected chi connectivity index (χ4v) is 3.34. The largest absolute Gasteiger partial charge is 0.465 e. The van der Waals surface area contributed by atoms with Crippen molar-refractivity contribution >= 4 is 29.1 Å². The minimum Gasteiger partial charge on any atom is -0.465 e. The highest BCUT2D eigenvalue weighted by Crippen LogP contribution is 2.34. The lowest BCUT2D eigenvalue weighted by atomic mass is 9.93. The molecule has 1 fully saturated rings. The first-order chi connectivity index (χ1) is 13.8. The Hall–Kier alpha value is -2.93. The van der Waals surface area contributed by atoms with Crippen LogP contribution in [0.4, 0.5) is 0 Å². The number of thiocarbonyl (C=S) groups is 1. The first-order valence-corrected chi connectivity index (χ1v) is 9.81. The first kappa shape index (κ1) is 20.8. The monoisotopic (exact) mass is 412 g/mol. The Morgan fingerprint density at radius 3 is 2.52 bits per heavy atom. The number of carbonyl (C=O) groups excluding carboxylic acids is 2. The van der Waals surface area contributed by atoms with Crippen LogP contribution in [0, 0.1) is 11.8 Å². The zero-order chi connectivity index (χ0) is 21.1. The van der Waals surface area contributed by atoms with Crippen molar-refractivity contribution < 1.29 is 18.7 Å². The fraction of sp³-hybridized carbons (Fsp3) is 0.318. The molecule has 2 N–H and O–H groups in total. The van der Waals surface area contributed by atoms with Crippen LogP contribution in [0.3, 0.4) is 0 Å². The van der Waals surface area contributed by atoms with Gasteiger partial charge in [0, 0.05) is 16.8 Å². The Morgan fingerprint density at radius 2 is 1.90 bits per heavy atom. The molecule has 0 radical (unpaired) electrons. The third-order valence-electron chi connectivity index (χ3n) is 4.59. The summed E-state index contributed by atoms with van der Waals surface area (Å²) < 4.78 is 11.5. The van der Waals surface area contributed by atoms with Gasteiger partial charge in [0.05, 0.1) is 6.61 Å². The standard InChI is InChI=1S/C22H24N2O4S/c1-12(2)11-27-21(26)19-13(3)23-22(29)24-20(19)18-10-9-17(28-18)16-7-5-15(6-8-16)14(4)25/h5-10,12,19-20H,3,11H2,1-2,4H3,(H2,23,24,29)/t19-,20+/m0/s1. The molecule has 1 aromatic carbocycles. The van der Waals surface area contributed by atoms with Gasteiger partial charge in [-0.1, -0.05) is 44.7 Å². The maximum absolute atomic E-state index is 12.7. The van der Waals surface area contributed by atoms with Crippen molar-refractivity contribution in [3.8, 4) is 11.3 Å². The molecule has 1 aliphatic heterocycles. The molecule has 0 bridgehead atoms. The van der Waals surface area contributed by atoms with Gasteiger partial charge in [-0.15, -0.1) is 0 Å². The Bertz CT molecular complexity index is 946. The quantitative estimate of drug-likeness (QED) is 0.422. The van der Waals surface area contributed by atoms with E-state index >= 15 is 0 Å². The number of hydrogen-bond acceptors (Lipinski definition) is 5. The van der Waals surface area contributed by atoms with Gasteiger partial charge in [-0.25, -0.2) is 0 Å². The number of Topliss-reactive ketones (excluding diaryl/α,β-unsaturated/α-hetero) is 1. The molecule has 0 unspecified atom stereocenters. The minimum absolute atomic E-state index is 0.00497. The molecule has 152 valence electrons. The van der Waals surface area contributed by atoms with Crippen LogP contribution in [-0.2, 0) is 9.53 Å². The van der Waals surface area contributed by atoms with Crippen molar-refractivity contribution in [1.29, 1.82) is 0 Å². The van der Waals surface area contributed by atoms with Crippen LogP contribution in [0.15, 0.2) is 53.1 Å². The molecule has 2 aromatic rings. The summed E-state index contributed by atoms with van der Waals surface area (Å²) in [4.78, 5) is 24.2. The number of benzene rings is 1. The summed E-state index contributed by atoms with van der Waals surface area (Å²) in [7, 11) is 0. The summed E-state index contributed by atoms with van der Waals surface area (Å²) in [6.45, 7) is 9.75. The average Bonchev–Trinajstić information content (AvgIpc) is 3.15. The van der Waals surface area contributed by atoms with Crippen molar-refractivity contribution in [2.24, 2.45) is 11.8 Å². The van der Waals surface area contributed by atoms with Crippen LogP contribution in [-0.4, -0.2) is 23.5 Å². The van der Waals surface area contributed by atoms with E-state index in [0.717, 1.165) is 5.56 Å². The maximum atomic E-state index is 12.7. The van der Waals surface area contributed by atoms with Crippen molar-refractivity contribution in [3.05, 3.63) is 60.0 Å². The summed E-state index contributed by atoms with van der Waals surface area (Å²) >= 11 is 5.24. The van der Waals surface area contributed by atoms with Gasteiger partial charge in [0.25, 0.3) is 0 Å². The number of furan rings is 1. The highest BCUT2D eigenvalue weighted by atomic mass is 32.1. The van der Waals surface area contributed by atoms with Gasteiger partial charge in [-0.3, -0.25) is 9.59 Å². The highest BCUT2D eigenvalue weighted by Gasteiger charge is 2.39. The Labute approximate surface area is 175 Å². The van der Waals surface area contributed by atoms with E-state index in [1.54, 1.807) is 18.2 Å². The molecule has 2 heterocycles. The number of nitrogens with one attached hydrogen (secondary N) is 2.